The van der Waals surface area contributed by atoms with Gasteiger partial charge in [0.05, 0.1) is 16.4 Å². The maximum Gasteiger partial charge on any atom is 0.123 e. The molecule has 19 heavy (non-hydrogen) atoms. The first kappa shape index (κ1) is 14.2. The van der Waals surface area contributed by atoms with E-state index in [1.165, 1.54) is 12.1 Å². The van der Waals surface area contributed by atoms with Crippen LogP contribution in [0.3, 0.4) is 0 Å². The fourth-order valence-electron chi connectivity index (χ4n) is 2.07. The zero-order chi connectivity index (χ0) is 14.2. The van der Waals surface area contributed by atoms with Gasteiger partial charge in [-0.25, -0.2) is 4.39 Å². The van der Waals surface area contributed by atoms with Crippen molar-refractivity contribution < 1.29 is 9.50 Å². The highest BCUT2D eigenvalue weighted by Gasteiger charge is 2.22. The molecule has 0 aliphatic carbocycles. The minimum atomic E-state index is -0.907. The first-order chi connectivity index (χ1) is 8.91. The van der Waals surface area contributed by atoms with Gasteiger partial charge in [-0.15, -0.1) is 0 Å². The maximum atomic E-state index is 13.4. The number of aliphatic hydroxyl groups excluding tert-OH is 1. The Morgan fingerprint density at radius 2 is 2.05 bits per heavy atom. The van der Waals surface area contributed by atoms with Gasteiger partial charge in [-0.2, -0.15) is 5.10 Å². The largest absolute Gasteiger partial charge is 0.382 e. The lowest BCUT2D eigenvalue weighted by Crippen LogP contribution is -2.13. The molecular weight excluding hydrogens is 311 g/mol. The van der Waals surface area contributed by atoms with E-state index in [2.05, 4.69) is 21.0 Å². The van der Waals surface area contributed by atoms with E-state index in [0.717, 1.165) is 10.0 Å². The fourth-order valence-corrected chi connectivity index (χ4v) is 2.56. The summed E-state index contributed by atoms with van der Waals surface area (Å²) in [4.78, 5) is 0. The van der Waals surface area contributed by atoms with Crippen LogP contribution in [-0.4, -0.2) is 14.9 Å². The van der Waals surface area contributed by atoms with Crippen molar-refractivity contribution in [2.75, 3.05) is 0 Å². The van der Waals surface area contributed by atoms with Gasteiger partial charge in [-0.1, -0.05) is 6.07 Å². The summed E-state index contributed by atoms with van der Waals surface area (Å²) < 4.78 is 15.8. The van der Waals surface area contributed by atoms with Gasteiger partial charge in [0.1, 0.15) is 11.9 Å². The summed E-state index contributed by atoms with van der Waals surface area (Å²) in [5, 5.41) is 14.8. The van der Waals surface area contributed by atoms with Crippen molar-refractivity contribution in [2.45, 2.75) is 32.9 Å². The van der Waals surface area contributed by atoms with Gasteiger partial charge in [0.25, 0.3) is 0 Å². The van der Waals surface area contributed by atoms with E-state index in [0.29, 0.717) is 11.3 Å². The van der Waals surface area contributed by atoms with Crippen LogP contribution in [0.1, 0.15) is 42.8 Å². The van der Waals surface area contributed by atoms with E-state index in [1.807, 2.05) is 20.8 Å². The Balaban J connectivity index is 2.52. The number of aryl methyl sites for hydroxylation is 1. The highest BCUT2D eigenvalue weighted by molar-refractivity contribution is 9.10. The lowest BCUT2D eigenvalue weighted by Gasteiger charge is -2.18. The van der Waals surface area contributed by atoms with Crippen LogP contribution >= 0.6 is 15.9 Å². The van der Waals surface area contributed by atoms with E-state index >= 15 is 0 Å². The third kappa shape index (κ3) is 2.72. The van der Waals surface area contributed by atoms with Crippen molar-refractivity contribution in [2.24, 2.45) is 0 Å². The summed E-state index contributed by atoms with van der Waals surface area (Å²) >= 11 is 3.39. The van der Waals surface area contributed by atoms with Crippen LogP contribution in [0.2, 0.25) is 0 Å². The van der Waals surface area contributed by atoms with Crippen molar-refractivity contribution in [1.29, 1.82) is 0 Å². The average molecular weight is 327 g/mol. The predicted molar refractivity (Wildman–Crippen MR) is 75.5 cm³/mol. The molecule has 1 unspecified atom stereocenters. The molecule has 0 amide bonds. The molecule has 1 heterocycles. The van der Waals surface area contributed by atoms with Crippen LogP contribution in [0.4, 0.5) is 4.39 Å². The van der Waals surface area contributed by atoms with Crippen LogP contribution in [0.15, 0.2) is 28.9 Å². The summed E-state index contributed by atoms with van der Waals surface area (Å²) in [7, 11) is 0. The van der Waals surface area contributed by atoms with E-state index in [9.17, 15) is 9.50 Å². The highest BCUT2D eigenvalue weighted by atomic mass is 79.9. The Labute approximate surface area is 120 Å². The number of aliphatic hydroxyl groups is 1. The third-order valence-electron chi connectivity index (χ3n) is 3.07. The van der Waals surface area contributed by atoms with Crippen molar-refractivity contribution >= 4 is 15.9 Å². The highest BCUT2D eigenvalue weighted by Crippen LogP contribution is 2.32. The molecule has 1 aromatic heterocycles. The molecule has 102 valence electrons. The number of hydrogen-bond acceptors (Lipinski definition) is 2. The normalized spacial score (nSPS) is 13.0. The van der Waals surface area contributed by atoms with Gasteiger partial charge in [0.15, 0.2) is 0 Å². The molecule has 0 aliphatic heterocycles. The van der Waals surface area contributed by atoms with Crippen LogP contribution in [-0.2, 0) is 0 Å². The molecule has 0 saturated heterocycles. The Morgan fingerprint density at radius 3 is 2.68 bits per heavy atom. The Kier molecular flexibility index (Phi) is 4.06. The van der Waals surface area contributed by atoms with Gasteiger partial charge in [0, 0.05) is 6.04 Å². The molecule has 2 aromatic rings. The zero-order valence-electron chi connectivity index (χ0n) is 11.1. The number of benzene rings is 1. The van der Waals surface area contributed by atoms with Crippen LogP contribution in [0, 0.1) is 12.7 Å². The summed E-state index contributed by atoms with van der Waals surface area (Å²) in [6.45, 7) is 5.81. The minimum absolute atomic E-state index is 0.116. The lowest BCUT2D eigenvalue weighted by molar-refractivity contribution is 0.203. The first-order valence-corrected chi connectivity index (χ1v) is 6.88. The molecule has 1 atom stereocenters. The maximum absolute atomic E-state index is 13.4. The Hall–Kier alpha value is -1.20. The number of halogens is 2. The summed E-state index contributed by atoms with van der Waals surface area (Å²) in [5.74, 6) is -0.355. The zero-order valence-corrected chi connectivity index (χ0v) is 12.6. The average Bonchev–Trinajstić information content (AvgIpc) is 2.73. The quantitative estimate of drug-likeness (QED) is 0.932. The SMILES string of the molecule is Cc1ccc(F)cc1C(O)c1c(Br)cnn1C(C)C. The first-order valence-electron chi connectivity index (χ1n) is 6.08. The number of nitrogens with zero attached hydrogens (tertiary/aromatic N) is 2. The molecule has 0 spiro atoms. The summed E-state index contributed by atoms with van der Waals surface area (Å²) in [6.07, 6.45) is 0.739. The van der Waals surface area contributed by atoms with Crippen LogP contribution < -0.4 is 0 Å². The molecule has 5 heteroatoms. The number of hydrogen-bond donors (Lipinski definition) is 1. The molecule has 0 fully saturated rings. The molecule has 2 rings (SSSR count). The molecule has 0 aliphatic rings. The second-order valence-corrected chi connectivity index (χ2v) is 5.67. The van der Waals surface area contributed by atoms with Gasteiger partial charge in [-0.3, -0.25) is 4.68 Å². The van der Waals surface area contributed by atoms with E-state index in [-0.39, 0.29) is 11.9 Å². The minimum Gasteiger partial charge on any atom is -0.382 e. The van der Waals surface area contributed by atoms with Crippen LogP contribution in [0.5, 0.6) is 0 Å². The molecular formula is C14H16BrFN2O. The smallest absolute Gasteiger partial charge is 0.123 e. The second-order valence-electron chi connectivity index (χ2n) is 4.82. The van der Waals surface area contributed by atoms with Crippen LogP contribution in [0.25, 0.3) is 0 Å². The second kappa shape index (κ2) is 5.43. The van der Waals surface area contributed by atoms with Crippen molar-refractivity contribution in [3.05, 3.63) is 51.5 Å². The molecule has 3 nitrogen and oxygen atoms in total. The van der Waals surface area contributed by atoms with Gasteiger partial charge in [0.2, 0.25) is 0 Å². The Morgan fingerprint density at radius 1 is 1.37 bits per heavy atom. The number of rotatable bonds is 3. The predicted octanol–water partition coefficient (Wildman–Crippen LogP) is 3.76. The summed E-state index contributed by atoms with van der Waals surface area (Å²) in [5.41, 5.74) is 2.05. The van der Waals surface area contributed by atoms with Gasteiger partial charge >= 0.3 is 0 Å². The van der Waals surface area contributed by atoms with E-state index in [1.54, 1.807) is 16.9 Å². The molecule has 0 radical (unpaired) electrons. The topological polar surface area (TPSA) is 38.1 Å². The van der Waals surface area contributed by atoms with E-state index < -0.39 is 6.10 Å². The molecule has 0 bridgehead atoms. The summed E-state index contributed by atoms with van der Waals surface area (Å²) in [6, 6.07) is 4.53. The molecule has 0 saturated carbocycles. The van der Waals surface area contributed by atoms with Crippen molar-refractivity contribution in [1.82, 2.24) is 9.78 Å². The monoisotopic (exact) mass is 326 g/mol. The van der Waals surface area contributed by atoms with Crippen molar-refractivity contribution in [3.8, 4) is 0 Å². The van der Waals surface area contributed by atoms with Gasteiger partial charge in [-0.05, 0) is 60.0 Å². The lowest BCUT2D eigenvalue weighted by atomic mass is 10.0. The fraction of sp³-hybridized carbons (Fsp3) is 0.357. The number of aromatic nitrogens is 2. The molecule has 1 aromatic carbocycles. The van der Waals surface area contributed by atoms with Gasteiger partial charge < -0.3 is 5.11 Å². The van der Waals surface area contributed by atoms with Crippen molar-refractivity contribution in [3.63, 3.8) is 0 Å². The van der Waals surface area contributed by atoms with E-state index in [4.69, 9.17) is 0 Å². The third-order valence-corrected chi connectivity index (χ3v) is 3.68. The standard InChI is InChI=1S/C14H16BrFN2O/c1-8(2)18-13(12(15)7-17-18)14(19)11-6-10(16)5-4-9(11)3/h4-8,14,19H,1-3H3. The molecule has 1 N–H and O–H groups in total. The Bertz CT molecular complexity index is 595.